The van der Waals surface area contributed by atoms with Crippen molar-refractivity contribution in [1.29, 1.82) is 0 Å². The number of hydrogen-bond donors (Lipinski definition) is 0. The highest BCUT2D eigenvalue weighted by Gasteiger charge is 2.31. The van der Waals surface area contributed by atoms with E-state index in [1.807, 2.05) is 38.7 Å². The molecule has 0 radical (unpaired) electrons. The van der Waals surface area contributed by atoms with E-state index in [9.17, 15) is 4.79 Å². The fourth-order valence-corrected chi connectivity index (χ4v) is 4.16. The second-order valence-corrected chi connectivity index (χ2v) is 11.9. The van der Waals surface area contributed by atoms with E-state index in [-0.39, 0.29) is 18.0 Å². The van der Waals surface area contributed by atoms with E-state index in [1.165, 1.54) is 0 Å². The number of carbonyl (C=O) groups excluding carboxylic acids is 1. The van der Waals surface area contributed by atoms with Crippen molar-refractivity contribution in [3.63, 3.8) is 0 Å². The second kappa shape index (κ2) is 6.60. The van der Waals surface area contributed by atoms with Gasteiger partial charge >= 0.3 is 0 Å². The fourth-order valence-electron chi connectivity index (χ4n) is 2.62. The number of ether oxygens (including phenoxy) is 1. The van der Waals surface area contributed by atoms with Crippen LogP contribution in [0.2, 0.25) is 19.6 Å². The van der Waals surface area contributed by atoms with Crippen molar-refractivity contribution in [2.75, 3.05) is 7.11 Å². The Kier molecular flexibility index (Phi) is 5.56. The third-order valence-corrected chi connectivity index (χ3v) is 5.51. The average molecular weight is 308 g/mol. The summed E-state index contributed by atoms with van der Waals surface area (Å²) < 4.78 is 5.38. The second-order valence-electron chi connectivity index (χ2n) is 6.89. The minimum absolute atomic E-state index is 0.0161. The first-order valence-corrected chi connectivity index (χ1v) is 11.0. The molecule has 0 saturated carbocycles. The van der Waals surface area contributed by atoms with Crippen LogP contribution in [0.3, 0.4) is 0 Å². The predicted molar refractivity (Wildman–Crippen MR) is 90.2 cm³/mol. The van der Waals surface area contributed by atoms with Crippen LogP contribution in [0.5, 0.6) is 5.88 Å². The number of rotatable bonds is 5. The summed E-state index contributed by atoms with van der Waals surface area (Å²) in [7, 11) is -0.0996. The van der Waals surface area contributed by atoms with Gasteiger partial charge in [0, 0.05) is 18.3 Å². The van der Waals surface area contributed by atoms with E-state index in [0.717, 1.165) is 5.19 Å². The highest BCUT2D eigenvalue weighted by Crippen LogP contribution is 2.21. The van der Waals surface area contributed by atoms with E-state index < -0.39 is 8.07 Å². The van der Waals surface area contributed by atoms with Gasteiger partial charge in [0.1, 0.15) is 5.56 Å². The van der Waals surface area contributed by atoms with Crippen LogP contribution < -0.4 is 9.92 Å². The minimum Gasteiger partial charge on any atom is -0.480 e. The molecule has 0 aliphatic rings. The summed E-state index contributed by atoms with van der Waals surface area (Å²) in [6.45, 7) is 14.8. The molecule has 4 nitrogen and oxygen atoms in total. The van der Waals surface area contributed by atoms with Gasteiger partial charge < -0.3 is 9.64 Å². The highest BCUT2D eigenvalue weighted by atomic mass is 28.3. The summed E-state index contributed by atoms with van der Waals surface area (Å²) in [5, 5.41) is 1.10. The molecule has 1 aromatic heterocycles. The molecule has 1 aromatic rings. The topological polar surface area (TPSA) is 42.4 Å². The summed E-state index contributed by atoms with van der Waals surface area (Å²) >= 11 is 0. The maximum Gasteiger partial charge on any atom is 0.259 e. The predicted octanol–water partition coefficient (Wildman–Crippen LogP) is 2.89. The van der Waals surface area contributed by atoms with E-state index in [0.29, 0.717) is 11.4 Å². The van der Waals surface area contributed by atoms with Crippen LogP contribution in [-0.2, 0) is 0 Å². The molecule has 0 unspecified atom stereocenters. The molecule has 0 atom stereocenters. The molecule has 0 aromatic carbocycles. The Morgan fingerprint density at radius 1 is 1.19 bits per heavy atom. The number of hydrogen-bond acceptors (Lipinski definition) is 3. The van der Waals surface area contributed by atoms with Gasteiger partial charge in [-0.2, -0.15) is 0 Å². The first kappa shape index (κ1) is 17.7. The van der Waals surface area contributed by atoms with Crippen LogP contribution >= 0.6 is 0 Å². The van der Waals surface area contributed by atoms with Crippen LogP contribution in [0.15, 0.2) is 12.3 Å². The van der Waals surface area contributed by atoms with Crippen LogP contribution in [-0.4, -0.2) is 43.1 Å². The number of amides is 1. The zero-order valence-corrected chi connectivity index (χ0v) is 15.5. The number of carbonyl (C=O) groups is 1. The zero-order valence-electron chi connectivity index (χ0n) is 14.5. The molecule has 118 valence electrons. The number of methoxy groups -OCH3 is 1. The molecule has 0 saturated heterocycles. The molecule has 0 aliphatic heterocycles. The standard InChI is InChI=1S/C16H28N2O2Si/c1-11(2)18(12(3)4)16(19)14-13(21(6,7)8)9-10-17-15(14)20-5/h9-12H,1-8H3. The molecule has 1 amide bonds. The number of nitrogens with zero attached hydrogens (tertiary/aromatic N) is 2. The van der Waals surface area contributed by atoms with Crippen molar-refractivity contribution in [1.82, 2.24) is 9.88 Å². The maximum atomic E-state index is 13.1. The van der Waals surface area contributed by atoms with E-state index >= 15 is 0 Å². The average Bonchev–Trinajstić information content (AvgIpc) is 2.35. The van der Waals surface area contributed by atoms with Crippen LogP contribution in [0.4, 0.5) is 0 Å². The van der Waals surface area contributed by atoms with Crippen molar-refractivity contribution in [2.24, 2.45) is 0 Å². The smallest absolute Gasteiger partial charge is 0.259 e. The van der Waals surface area contributed by atoms with Gasteiger partial charge in [-0.1, -0.05) is 19.6 Å². The van der Waals surface area contributed by atoms with Crippen molar-refractivity contribution in [2.45, 2.75) is 59.4 Å². The van der Waals surface area contributed by atoms with Gasteiger partial charge in [-0.25, -0.2) is 4.98 Å². The van der Waals surface area contributed by atoms with E-state index in [1.54, 1.807) is 13.3 Å². The summed E-state index contributed by atoms with van der Waals surface area (Å²) in [5.74, 6) is 0.452. The maximum absolute atomic E-state index is 13.1. The molecular formula is C16H28N2O2Si. The Morgan fingerprint density at radius 3 is 2.10 bits per heavy atom. The van der Waals surface area contributed by atoms with Gasteiger partial charge in [0.15, 0.2) is 0 Å². The van der Waals surface area contributed by atoms with Crippen LogP contribution in [0.25, 0.3) is 0 Å². The third-order valence-electron chi connectivity index (χ3n) is 3.48. The fraction of sp³-hybridized carbons (Fsp3) is 0.625. The Morgan fingerprint density at radius 2 is 1.71 bits per heavy atom. The quantitative estimate of drug-likeness (QED) is 0.786. The summed E-state index contributed by atoms with van der Waals surface area (Å²) in [4.78, 5) is 19.2. The largest absolute Gasteiger partial charge is 0.480 e. The Balaban J connectivity index is 3.49. The van der Waals surface area contributed by atoms with Crippen LogP contribution in [0.1, 0.15) is 38.1 Å². The molecule has 0 N–H and O–H groups in total. The lowest BCUT2D eigenvalue weighted by atomic mass is 10.1. The van der Waals surface area contributed by atoms with Crippen LogP contribution in [0, 0.1) is 0 Å². The molecule has 0 bridgehead atoms. The SMILES string of the molecule is COc1nccc([Si](C)(C)C)c1C(=O)N(C(C)C)C(C)C. The van der Waals surface area contributed by atoms with Crippen molar-refractivity contribution in [3.05, 3.63) is 17.8 Å². The van der Waals surface area contributed by atoms with Gasteiger partial charge in [-0.05, 0) is 38.9 Å². The van der Waals surface area contributed by atoms with Gasteiger partial charge in [0.2, 0.25) is 5.88 Å². The molecule has 0 aliphatic carbocycles. The summed E-state index contributed by atoms with van der Waals surface area (Å²) in [6.07, 6.45) is 1.73. The molecule has 21 heavy (non-hydrogen) atoms. The van der Waals surface area contributed by atoms with Crippen molar-refractivity contribution in [3.8, 4) is 5.88 Å². The molecule has 1 heterocycles. The summed E-state index contributed by atoms with van der Waals surface area (Å²) in [6, 6.07) is 2.25. The first-order chi connectivity index (χ1) is 9.61. The Labute approximate surface area is 129 Å². The Hall–Kier alpha value is -1.36. The monoisotopic (exact) mass is 308 g/mol. The molecule has 0 spiro atoms. The lowest BCUT2D eigenvalue weighted by Crippen LogP contribution is -2.48. The number of aromatic nitrogens is 1. The van der Waals surface area contributed by atoms with Gasteiger partial charge in [-0.3, -0.25) is 4.79 Å². The normalized spacial score (nSPS) is 11.9. The first-order valence-electron chi connectivity index (χ1n) is 7.47. The molecule has 1 rings (SSSR count). The number of pyridine rings is 1. The zero-order chi connectivity index (χ0) is 16.4. The van der Waals surface area contributed by atoms with Crippen molar-refractivity contribution < 1.29 is 9.53 Å². The van der Waals surface area contributed by atoms with Gasteiger partial charge in [-0.15, -0.1) is 0 Å². The van der Waals surface area contributed by atoms with Gasteiger partial charge in [0.25, 0.3) is 5.91 Å². The molecule has 0 fully saturated rings. The molecule has 5 heteroatoms. The van der Waals surface area contributed by atoms with Crippen molar-refractivity contribution >= 4 is 19.2 Å². The third kappa shape index (κ3) is 3.84. The lowest BCUT2D eigenvalue weighted by molar-refractivity contribution is 0.0641. The Bertz CT molecular complexity index is 499. The van der Waals surface area contributed by atoms with Gasteiger partial charge in [0.05, 0.1) is 15.2 Å². The molecular weight excluding hydrogens is 280 g/mol. The van der Waals surface area contributed by atoms with E-state index in [2.05, 4.69) is 24.6 Å². The summed E-state index contributed by atoms with van der Waals surface area (Å²) in [5.41, 5.74) is 0.640. The highest BCUT2D eigenvalue weighted by molar-refractivity contribution is 6.89. The van der Waals surface area contributed by atoms with E-state index in [4.69, 9.17) is 4.74 Å². The minimum atomic E-state index is -1.67. The lowest BCUT2D eigenvalue weighted by Gasteiger charge is -2.33.